The standard InChI is InChI=1S/C35H46N4O4S.C2H6/c1-6-37-29-16-15-28(24(3)33(29)36)32(35(4,5)38-34(40)26-10-9-18-42-22-26)25-14-13-23(2)27(20-25)21-39-17-19-43-30-11-7-8-12-31(30)44(39)41;1-2/h7-8,11-16,20,26,32,37H,6,9-10,17-19,21-22,36H2,1-5H3,(H,38,40);1-2H3. The van der Waals surface area contributed by atoms with E-state index in [0.717, 1.165) is 52.9 Å². The average molecular weight is 649 g/mol. The van der Waals surface area contributed by atoms with Gasteiger partial charge in [0.15, 0.2) is 0 Å². The van der Waals surface area contributed by atoms with Crippen LogP contribution >= 0.6 is 0 Å². The minimum absolute atomic E-state index is 0.0144. The summed E-state index contributed by atoms with van der Waals surface area (Å²) in [5.74, 6) is 0.323. The van der Waals surface area contributed by atoms with E-state index in [-0.39, 0.29) is 17.7 Å². The van der Waals surface area contributed by atoms with Crippen LogP contribution in [-0.4, -0.2) is 52.9 Å². The summed E-state index contributed by atoms with van der Waals surface area (Å²) in [6.45, 7) is 17.8. The van der Waals surface area contributed by atoms with Crippen molar-refractivity contribution in [2.24, 2.45) is 5.92 Å². The van der Waals surface area contributed by atoms with Crippen molar-refractivity contribution in [3.63, 3.8) is 0 Å². The van der Waals surface area contributed by atoms with E-state index < -0.39 is 16.5 Å². The molecule has 2 aliphatic rings. The van der Waals surface area contributed by atoms with Gasteiger partial charge in [-0.05, 0) is 93.5 Å². The van der Waals surface area contributed by atoms with Gasteiger partial charge in [0, 0.05) is 37.7 Å². The van der Waals surface area contributed by atoms with E-state index in [2.05, 4.69) is 69.5 Å². The molecular formula is C37H52N4O4S. The molecule has 2 heterocycles. The molecule has 3 aromatic rings. The lowest BCUT2D eigenvalue weighted by Gasteiger charge is -2.39. The van der Waals surface area contributed by atoms with Crippen molar-refractivity contribution in [3.05, 3.63) is 82.4 Å². The van der Waals surface area contributed by atoms with Crippen molar-refractivity contribution in [2.45, 2.75) is 84.2 Å². The molecule has 0 aliphatic carbocycles. The lowest BCUT2D eigenvalue weighted by molar-refractivity contribution is -0.130. The number of aryl methyl sites for hydroxylation is 1. The van der Waals surface area contributed by atoms with Crippen LogP contribution in [0.1, 0.15) is 81.2 Å². The Morgan fingerprint density at radius 3 is 2.59 bits per heavy atom. The number of nitrogens with two attached hydrogens (primary N) is 1. The number of nitrogen functional groups attached to an aromatic ring is 1. The molecule has 0 aromatic heterocycles. The fraction of sp³-hybridized carbons (Fsp3) is 0.486. The summed E-state index contributed by atoms with van der Waals surface area (Å²) >= 11 is 0. The third kappa shape index (κ3) is 7.93. The average Bonchev–Trinajstić information content (AvgIpc) is 3.21. The van der Waals surface area contributed by atoms with Crippen molar-refractivity contribution in [1.82, 2.24) is 9.62 Å². The molecule has 1 fully saturated rings. The van der Waals surface area contributed by atoms with E-state index in [0.29, 0.717) is 49.2 Å². The lowest BCUT2D eigenvalue weighted by Crippen LogP contribution is -2.51. The normalized spacial score (nSPS) is 19.0. The summed E-state index contributed by atoms with van der Waals surface area (Å²) in [6.07, 6.45) is 1.71. The molecule has 5 rings (SSSR count). The maximum atomic E-state index is 13.7. The first-order valence-electron chi connectivity index (χ1n) is 16.6. The quantitative estimate of drug-likeness (QED) is 0.223. The molecule has 2 aliphatic heterocycles. The lowest BCUT2D eigenvalue weighted by atomic mass is 9.74. The maximum absolute atomic E-state index is 13.7. The third-order valence-electron chi connectivity index (χ3n) is 8.86. The van der Waals surface area contributed by atoms with Gasteiger partial charge in [-0.1, -0.05) is 50.2 Å². The summed E-state index contributed by atoms with van der Waals surface area (Å²) in [7, 11) is -1.36. The number of benzene rings is 3. The third-order valence-corrected chi connectivity index (χ3v) is 10.4. The second-order valence-corrected chi connectivity index (χ2v) is 13.9. The van der Waals surface area contributed by atoms with Gasteiger partial charge in [0.2, 0.25) is 5.91 Å². The van der Waals surface area contributed by atoms with E-state index >= 15 is 0 Å². The van der Waals surface area contributed by atoms with E-state index in [4.69, 9.17) is 15.2 Å². The van der Waals surface area contributed by atoms with E-state index in [1.165, 1.54) is 0 Å². The first kappa shape index (κ1) is 35.5. The number of fused-ring (bicyclic) bond motifs is 1. The molecule has 9 heteroatoms. The van der Waals surface area contributed by atoms with Crippen molar-refractivity contribution in [2.75, 3.05) is 44.0 Å². The minimum Gasteiger partial charge on any atom is -0.491 e. The number of hydrogen-bond acceptors (Lipinski definition) is 6. The van der Waals surface area contributed by atoms with Crippen LogP contribution in [0.25, 0.3) is 0 Å². The predicted octanol–water partition coefficient (Wildman–Crippen LogP) is 6.71. The highest BCUT2D eigenvalue weighted by Crippen LogP contribution is 2.41. The molecule has 3 unspecified atom stereocenters. The molecule has 46 heavy (non-hydrogen) atoms. The van der Waals surface area contributed by atoms with Crippen LogP contribution < -0.4 is 21.1 Å². The van der Waals surface area contributed by atoms with E-state index in [1.54, 1.807) is 0 Å². The van der Waals surface area contributed by atoms with Crippen LogP contribution in [0, 0.1) is 19.8 Å². The molecule has 0 radical (unpaired) electrons. The first-order chi connectivity index (χ1) is 22.1. The SMILES string of the molecule is CC.CCNc1ccc(C(c2ccc(C)c(CN3CCOc4ccccc4S3=O)c2)C(C)(C)NC(=O)C2CCCOC2)c(C)c1N. The monoisotopic (exact) mass is 648 g/mol. The Labute approximate surface area is 278 Å². The molecule has 3 aromatic carbocycles. The molecule has 4 N–H and O–H groups in total. The number of amides is 1. The zero-order valence-corrected chi connectivity index (χ0v) is 29.4. The summed E-state index contributed by atoms with van der Waals surface area (Å²) in [5.41, 5.74) is 12.9. The number of rotatable bonds is 9. The van der Waals surface area contributed by atoms with Crippen LogP contribution in [0.4, 0.5) is 11.4 Å². The van der Waals surface area contributed by atoms with Crippen LogP contribution in [0.2, 0.25) is 0 Å². The summed E-state index contributed by atoms with van der Waals surface area (Å²) in [5, 5.41) is 6.76. The molecule has 0 spiro atoms. The number of nitrogens with zero attached hydrogens (tertiary/aromatic N) is 1. The number of para-hydroxylation sites is 1. The number of nitrogens with one attached hydrogen (secondary N) is 2. The Kier molecular flexibility index (Phi) is 12.3. The maximum Gasteiger partial charge on any atom is 0.225 e. The van der Waals surface area contributed by atoms with Crippen LogP contribution in [0.15, 0.2) is 59.5 Å². The summed E-state index contributed by atoms with van der Waals surface area (Å²) in [4.78, 5) is 14.2. The Hall–Kier alpha value is -3.40. The van der Waals surface area contributed by atoms with Gasteiger partial charge in [-0.3, -0.25) is 4.79 Å². The fourth-order valence-electron chi connectivity index (χ4n) is 6.39. The fourth-order valence-corrected chi connectivity index (χ4v) is 7.66. The molecule has 250 valence electrons. The second kappa shape index (κ2) is 15.9. The molecular weight excluding hydrogens is 596 g/mol. The van der Waals surface area contributed by atoms with Crippen molar-refractivity contribution in [1.29, 1.82) is 0 Å². The van der Waals surface area contributed by atoms with Crippen LogP contribution in [0.5, 0.6) is 5.75 Å². The number of ether oxygens (including phenoxy) is 2. The number of carbonyl (C=O) groups excluding carboxylic acids is 1. The Balaban J connectivity index is 0.00000235. The van der Waals surface area contributed by atoms with Gasteiger partial charge in [-0.15, -0.1) is 0 Å². The van der Waals surface area contributed by atoms with Crippen molar-refractivity contribution < 1.29 is 18.5 Å². The van der Waals surface area contributed by atoms with Crippen LogP contribution in [0.3, 0.4) is 0 Å². The highest BCUT2D eigenvalue weighted by molar-refractivity contribution is 7.82. The van der Waals surface area contributed by atoms with Gasteiger partial charge >= 0.3 is 0 Å². The Morgan fingerprint density at radius 1 is 1.11 bits per heavy atom. The van der Waals surface area contributed by atoms with Crippen molar-refractivity contribution in [3.8, 4) is 5.75 Å². The minimum atomic E-state index is -1.36. The van der Waals surface area contributed by atoms with Gasteiger partial charge in [-0.25, -0.2) is 8.51 Å². The largest absolute Gasteiger partial charge is 0.491 e. The molecule has 0 bridgehead atoms. The summed E-state index contributed by atoms with van der Waals surface area (Å²) in [6, 6.07) is 18.2. The topological polar surface area (TPSA) is 106 Å². The number of carbonyl (C=O) groups is 1. The molecule has 0 saturated carbocycles. The summed E-state index contributed by atoms with van der Waals surface area (Å²) < 4.78 is 27.2. The highest BCUT2D eigenvalue weighted by Gasteiger charge is 2.37. The Morgan fingerprint density at radius 2 is 1.87 bits per heavy atom. The first-order valence-corrected chi connectivity index (χ1v) is 17.7. The van der Waals surface area contributed by atoms with Crippen LogP contribution in [-0.2, 0) is 27.1 Å². The van der Waals surface area contributed by atoms with Gasteiger partial charge in [0.05, 0.1) is 28.8 Å². The molecule has 3 atom stereocenters. The zero-order valence-electron chi connectivity index (χ0n) is 28.6. The van der Waals surface area contributed by atoms with Gasteiger partial charge in [0.1, 0.15) is 23.3 Å². The molecule has 1 amide bonds. The van der Waals surface area contributed by atoms with Gasteiger partial charge in [-0.2, -0.15) is 0 Å². The zero-order chi connectivity index (χ0) is 33.4. The Bertz CT molecular complexity index is 1520. The molecule has 8 nitrogen and oxygen atoms in total. The highest BCUT2D eigenvalue weighted by atomic mass is 32.2. The smallest absolute Gasteiger partial charge is 0.225 e. The molecule has 1 saturated heterocycles. The second-order valence-electron chi connectivity index (χ2n) is 12.4. The number of hydrogen-bond donors (Lipinski definition) is 3. The van der Waals surface area contributed by atoms with Crippen molar-refractivity contribution >= 4 is 28.3 Å². The van der Waals surface area contributed by atoms with Gasteiger partial charge in [0.25, 0.3) is 0 Å². The predicted molar refractivity (Wildman–Crippen MR) is 189 cm³/mol. The van der Waals surface area contributed by atoms with E-state index in [9.17, 15) is 9.00 Å². The van der Waals surface area contributed by atoms with E-state index in [1.807, 2.05) is 48.5 Å². The number of anilines is 2. The van der Waals surface area contributed by atoms with Gasteiger partial charge < -0.3 is 25.8 Å².